The molecule has 0 radical (unpaired) electrons. The maximum atomic E-state index is 13.5. The molecule has 1 aromatic rings. The minimum Gasteiger partial charge on any atom is -0.324 e. The zero-order valence-electron chi connectivity index (χ0n) is 8.81. The fraction of sp³-hybridized carbons (Fsp3) is 0.455. The lowest BCUT2D eigenvalue weighted by molar-refractivity contribution is -0.136. The fourth-order valence-electron chi connectivity index (χ4n) is 1.43. The van der Waals surface area contributed by atoms with Crippen LogP contribution in [0.2, 0.25) is 0 Å². The molecular weight excluding hydrogens is 222 g/mol. The summed E-state index contributed by atoms with van der Waals surface area (Å²) in [6.07, 6.45) is -5.55. The first-order chi connectivity index (χ1) is 7.31. The van der Waals surface area contributed by atoms with E-state index in [9.17, 15) is 17.6 Å². The summed E-state index contributed by atoms with van der Waals surface area (Å²) in [6.45, 7) is 1.55. The SMILES string of the molecule is Cc1cccc(C(N)CCC(F)(F)F)c1F. The highest BCUT2D eigenvalue weighted by Gasteiger charge is 2.28. The lowest BCUT2D eigenvalue weighted by Crippen LogP contribution is -2.17. The smallest absolute Gasteiger partial charge is 0.324 e. The molecule has 0 spiro atoms. The second-order valence-electron chi connectivity index (χ2n) is 3.74. The van der Waals surface area contributed by atoms with Gasteiger partial charge < -0.3 is 5.73 Å². The van der Waals surface area contributed by atoms with Crippen molar-refractivity contribution >= 4 is 0 Å². The van der Waals surface area contributed by atoms with Crippen molar-refractivity contribution in [2.75, 3.05) is 0 Å². The molecule has 1 unspecified atom stereocenters. The number of alkyl halides is 3. The summed E-state index contributed by atoms with van der Waals surface area (Å²) < 4.78 is 49.4. The van der Waals surface area contributed by atoms with Gasteiger partial charge in [-0.15, -0.1) is 0 Å². The standard InChI is InChI=1S/C11H13F4N/c1-7-3-2-4-8(10(7)12)9(16)5-6-11(13,14)15/h2-4,9H,5-6,16H2,1H3. The zero-order chi connectivity index (χ0) is 12.3. The Labute approximate surface area is 91.3 Å². The average Bonchev–Trinajstić information content (AvgIpc) is 2.17. The van der Waals surface area contributed by atoms with Crippen LogP contribution in [0, 0.1) is 12.7 Å². The van der Waals surface area contributed by atoms with Gasteiger partial charge in [0.05, 0.1) is 0 Å². The number of nitrogens with two attached hydrogens (primary N) is 1. The van der Waals surface area contributed by atoms with Gasteiger partial charge in [-0.3, -0.25) is 0 Å². The largest absolute Gasteiger partial charge is 0.389 e. The van der Waals surface area contributed by atoms with Crippen molar-refractivity contribution in [2.45, 2.75) is 32.0 Å². The Hall–Kier alpha value is -1.10. The van der Waals surface area contributed by atoms with Crippen LogP contribution in [0.5, 0.6) is 0 Å². The van der Waals surface area contributed by atoms with Crippen LogP contribution in [0.15, 0.2) is 18.2 Å². The van der Waals surface area contributed by atoms with Crippen molar-refractivity contribution in [2.24, 2.45) is 5.73 Å². The highest BCUT2D eigenvalue weighted by molar-refractivity contribution is 5.27. The summed E-state index contributed by atoms with van der Waals surface area (Å²) in [5, 5.41) is 0. The van der Waals surface area contributed by atoms with Gasteiger partial charge in [0.2, 0.25) is 0 Å². The van der Waals surface area contributed by atoms with E-state index in [0.717, 1.165) is 0 Å². The molecule has 0 saturated heterocycles. The number of halogens is 4. The van der Waals surface area contributed by atoms with Gasteiger partial charge in [0.25, 0.3) is 0 Å². The first kappa shape index (κ1) is 13.0. The van der Waals surface area contributed by atoms with Gasteiger partial charge in [0.1, 0.15) is 5.82 Å². The van der Waals surface area contributed by atoms with Crippen molar-refractivity contribution in [3.8, 4) is 0 Å². The number of hydrogen-bond acceptors (Lipinski definition) is 1. The predicted molar refractivity (Wildman–Crippen MR) is 53.4 cm³/mol. The van der Waals surface area contributed by atoms with Crippen molar-refractivity contribution in [1.29, 1.82) is 0 Å². The average molecular weight is 235 g/mol. The third-order valence-electron chi connectivity index (χ3n) is 2.36. The molecule has 90 valence electrons. The van der Waals surface area contributed by atoms with Crippen molar-refractivity contribution in [1.82, 2.24) is 0 Å². The third kappa shape index (κ3) is 3.48. The van der Waals surface area contributed by atoms with Crippen molar-refractivity contribution in [3.05, 3.63) is 35.1 Å². The van der Waals surface area contributed by atoms with Crippen molar-refractivity contribution in [3.63, 3.8) is 0 Å². The second-order valence-corrected chi connectivity index (χ2v) is 3.74. The van der Waals surface area contributed by atoms with E-state index < -0.39 is 24.5 Å². The number of benzene rings is 1. The van der Waals surface area contributed by atoms with E-state index in [2.05, 4.69) is 0 Å². The van der Waals surface area contributed by atoms with Gasteiger partial charge in [-0.05, 0) is 18.9 Å². The highest BCUT2D eigenvalue weighted by Crippen LogP contribution is 2.27. The first-order valence-electron chi connectivity index (χ1n) is 4.88. The molecule has 2 N–H and O–H groups in total. The van der Waals surface area contributed by atoms with Crippen LogP contribution in [-0.2, 0) is 0 Å². The molecule has 1 aromatic carbocycles. The summed E-state index contributed by atoms with van der Waals surface area (Å²) in [4.78, 5) is 0. The van der Waals surface area contributed by atoms with E-state index >= 15 is 0 Å². The molecule has 1 atom stereocenters. The maximum Gasteiger partial charge on any atom is 0.389 e. The Morgan fingerprint density at radius 2 is 1.94 bits per heavy atom. The van der Waals surface area contributed by atoms with Crippen LogP contribution < -0.4 is 5.73 Å². The van der Waals surface area contributed by atoms with E-state index in [1.54, 1.807) is 19.1 Å². The van der Waals surface area contributed by atoms with E-state index in [-0.39, 0.29) is 12.0 Å². The Morgan fingerprint density at radius 1 is 1.31 bits per heavy atom. The van der Waals surface area contributed by atoms with Crippen LogP contribution in [0.3, 0.4) is 0 Å². The van der Waals surface area contributed by atoms with Crippen LogP contribution in [-0.4, -0.2) is 6.18 Å². The molecular formula is C11H13F4N. The van der Waals surface area contributed by atoms with Crippen LogP contribution >= 0.6 is 0 Å². The molecule has 16 heavy (non-hydrogen) atoms. The number of aryl methyl sites for hydroxylation is 1. The lowest BCUT2D eigenvalue weighted by Gasteiger charge is -2.15. The summed E-state index contributed by atoms with van der Waals surface area (Å²) in [6, 6.07) is 3.64. The van der Waals surface area contributed by atoms with E-state index in [1.807, 2.05) is 0 Å². The molecule has 0 saturated carbocycles. The van der Waals surface area contributed by atoms with Gasteiger partial charge in [-0.1, -0.05) is 18.2 Å². The topological polar surface area (TPSA) is 26.0 Å². The molecule has 1 nitrogen and oxygen atoms in total. The molecule has 0 aliphatic rings. The molecule has 0 bridgehead atoms. The zero-order valence-corrected chi connectivity index (χ0v) is 8.81. The quantitative estimate of drug-likeness (QED) is 0.797. The van der Waals surface area contributed by atoms with Crippen LogP contribution in [0.4, 0.5) is 17.6 Å². The van der Waals surface area contributed by atoms with E-state index in [4.69, 9.17) is 5.73 Å². The summed E-state index contributed by atoms with van der Waals surface area (Å²) in [5.41, 5.74) is 6.06. The summed E-state index contributed by atoms with van der Waals surface area (Å²) in [7, 11) is 0. The molecule has 0 amide bonds. The van der Waals surface area contributed by atoms with Gasteiger partial charge in [-0.25, -0.2) is 4.39 Å². The van der Waals surface area contributed by atoms with Gasteiger partial charge in [0.15, 0.2) is 0 Å². The third-order valence-corrected chi connectivity index (χ3v) is 2.36. The molecule has 0 heterocycles. The van der Waals surface area contributed by atoms with Gasteiger partial charge in [0, 0.05) is 18.0 Å². The summed E-state index contributed by atoms with van der Waals surface area (Å²) >= 11 is 0. The van der Waals surface area contributed by atoms with Crippen LogP contribution in [0.1, 0.15) is 30.0 Å². The monoisotopic (exact) mass is 235 g/mol. The number of rotatable bonds is 3. The molecule has 1 rings (SSSR count). The molecule has 5 heteroatoms. The molecule has 0 fully saturated rings. The van der Waals surface area contributed by atoms with Gasteiger partial charge in [-0.2, -0.15) is 13.2 Å². The van der Waals surface area contributed by atoms with Crippen molar-refractivity contribution < 1.29 is 17.6 Å². The predicted octanol–water partition coefficient (Wildman–Crippen LogP) is 3.48. The molecule has 0 aliphatic carbocycles. The normalized spacial score (nSPS) is 13.9. The minimum absolute atomic E-state index is 0.143. The Balaban J connectivity index is 2.73. The van der Waals surface area contributed by atoms with E-state index in [1.165, 1.54) is 6.07 Å². The van der Waals surface area contributed by atoms with Crippen LogP contribution in [0.25, 0.3) is 0 Å². The second kappa shape index (κ2) is 4.82. The molecule has 0 aliphatic heterocycles. The fourth-order valence-corrected chi connectivity index (χ4v) is 1.43. The lowest BCUT2D eigenvalue weighted by atomic mass is 10.00. The minimum atomic E-state index is -4.25. The first-order valence-corrected chi connectivity index (χ1v) is 4.88. The Kier molecular flexibility index (Phi) is 3.91. The molecule has 0 aromatic heterocycles. The summed E-state index contributed by atoms with van der Waals surface area (Å²) in [5.74, 6) is -0.517. The maximum absolute atomic E-state index is 13.5. The number of hydrogen-bond donors (Lipinski definition) is 1. The Morgan fingerprint density at radius 3 is 2.50 bits per heavy atom. The Bertz CT molecular complexity index is 359. The highest BCUT2D eigenvalue weighted by atomic mass is 19.4. The van der Waals surface area contributed by atoms with Gasteiger partial charge >= 0.3 is 6.18 Å². The van der Waals surface area contributed by atoms with E-state index in [0.29, 0.717) is 5.56 Å².